The molecular formula is C11H13ClN3O5-. The molecule has 0 aliphatic carbocycles. The monoisotopic (exact) mass is 302 g/mol. The molecule has 20 heavy (non-hydrogen) atoms. The van der Waals surface area contributed by atoms with Crippen LogP contribution in [0.3, 0.4) is 0 Å². The van der Waals surface area contributed by atoms with Gasteiger partial charge in [0.15, 0.2) is 5.65 Å². The standard InChI is InChI=1S/C6H4ClN3.C5H9O5/c7-5-1-2-8-6-4(5)3-9-10-6;6-1-2-3(7)4(8)5(9)10-2/h1-3H,(H,8,9,10);2-8H,1H2/q;-1/t;2-,3-,4-,5?/m.1/s1. The molecule has 8 nitrogen and oxygen atoms in total. The lowest BCUT2D eigenvalue weighted by molar-refractivity contribution is -0.498. The molecule has 0 spiro atoms. The zero-order chi connectivity index (χ0) is 14.7. The summed E-state index contributed by atoms with van der Waals surface area (Å²) in [6, 6.07) is 1.74. The minimum absolute atomic E-state index is 0.447. The summed E-state index contributed by atoms with van der Waals surface area (Å²) in [5.41, 5.74) is 0.729. The smallest absolute Gasteiger partial charge is 0.156 e. The molecule has 4 atom stereocenters. The zero-order valence-electron chi connectivity index (χ0n) is 10.2. The summed E-state index contributed by atoms with van der Waals surface area (Å²) in [7, 11) is 0. The van der Waals surface area contributed by atoms with Crippen LogP contribution in [-0.4, -0.2) is 61.7 Å². The van der Waals surface area contributed by atoms with E-state index in [-0.39, 0.29) is 0 Å². The first-order valence-electron chi connectivity index (χ1n) is 5.76. The number of fused-ring (bicyclic) bond motifs is 1. The topological polar surface area (TPSA) is 135 Å². The van der Waals surface area contributed by atoms with Gasteiger partial charge in [-0.15, -0.1) is 0 Å². The molecule has 1 aliphatic rings. The Morgan fingerprint density at radius 3 is 2.65 bits per heavy atom. The van der Waals surface area contributed by atoms with Gasteiger partial charge in [-0.05, 0) is 6.07 Å². The van der Waals surface area contributed by atoms with Gasteiger partial charge in [0.05, 0.1) is 29.3 Å². The number of hydrogen-bond acceptors (Lipinski definition) is 7. The molecule has 4 N–H and O–H groups in total. The Labute approximate surface area is 118 Å². The van der Waals surface area contributed by atoms with E-state index in [9.17, 15) is 5.11 Å². The minimum atomic E-state index is -1.63. The third-order valence-corrected chi connectivity index (χ3v) is 3.13. The number of ether oxygens (including phenoxy) is 1. The number of halogens is 1. The first kappa shape index (κ1) is 15.1. The number of pyridine rings is 1. The lowest BCUT2D eigenvalue weighted by Gasteiger charge is -2.18. The van der Waals surface area contributed by atoms with E-state index in [1.807, 2.05) is 0 Å². The number of nitrogens with zero attached hydrogens (tertiary/aromatic N) is 2. The van der Waals surface area contributed by atoms with Crippen molar-refractivity contribution in [3.63, 3.8) is 0 Å². The maximum absolute atomic E-state index is 10.5. The van der Waals surface area contributed by atoms with Crippen LogP contribution in [-0.2, 0) is 4.74 Å². The maximum Gasteiger partial charge on any atom is 0.156 e. The fourth-order valence-corrected chi connectivity index (χ4v) is 1.88. The third kappa shape index (κ3) is 3.06. The van der Waals surface area contributed by atoms with Crippen molar-refractivity contribution in [3.05, 3.63) is 23.5 Å². The molecule has 1 saturated heterocycles. The first-order valence-corrected chi connectivity index (χ1v) is 6.14. The Kier molecular flexibility index (Phi) is 4.86. The van der Waals surface area contributed by atoms with E-state index in [2.05, 4.69) is 19.9 Å². The number of aliphatic hydroxyl groups excluding tert-OH is 3. The van der Waals surface area contributed by atoms with Crippen LogP contribution >= 0.6 is 11.6 Å². The zero-order valence-corrected chi connectivity index (χ0v) is 10.9. The van der Waals surface area contributed by atoms with Crippen molar-refractivity contribution in [2.45, 2.75) is 24.6 Å². The molecule has 0 amide bonds. The van der Waals surface area contributed by atoms with Crippen molar-refractivity contribution in [3.8, 4) is 0 Å². The van der Waals surface area contributed by atoms with Gasteiger partial charge in [0.2, 0.25) is 0 Å². The normalized spacial score (nSPS) is 29.2. The van der Waals surface area contributed by atoms with Gasteiger partial charge in [0, 0.05) is 12.5 Å². The van der Waals surface area contributed by atoms with E-state index in [1.165, 1.54) is 0 Å². The van der Waals surface area contributed by atoms with Crippen molar-refractivity contribution in [1.29, 1.82) is 0 Å². The third-order valence-electron chi connectivity index (χ3n) is 2.80. The van der Waals surface area contributed by atoms with Gasteiger partial charge in [-0.1, -0.05) is 11.6 Å². The highest BCUT2D eigenvalue weighted by molar-refractivity contribution is 6.35. The van der Waals surface area contributed by atoms with E-state index >= 15 is 0 Å². The molecule has 2 aromatic rings. The van der Waals surface area contributed by atoms with Gasteiger partial charge in [0.1, 0.15) is 12.2 Å². The molecule has 0 aromatic carbocycles. The molecule has 1 aliphatic heterocycles. The Hall–Kier alpha value is -1.29. The van der Waals surface area contributed by atoms with Crippen molar-refractivity contribution >= 4 is 22.6 Å². The molecule has 0 bridgehead atoms. The Bertz CT molecular complexity index is 566. The summed E-state index contributed by atoms with van der Waals surface area (Å²) in [6.45, 7) is -0.447. The summed E-state index contributed by atoms with van der Waals surface area (Å²) in [4.78, 5) is 4.00. The van der Waals surface area contributed by atoms with Crippen LogP contribution in [0.1, 0.15) is 0 Å². The molecule has 1 unspecified atom stereocenters. The van der Waals surface area contributed by atoms with Crippen LogP contribution in [0, 0.1) is 0 Å². The van der Waals surface area contributed by atoms with Gasteiger partial charge in [-0.2, -0.15) is 5.10 Å². The van der Waals surface area contributed by atoms with E-state index < -0.39 is 31.2 Å². The van der Waals surface area contributed by atoms with E-state index in [0.717, 1.165) is 11.0 Å². The van der Waals surface area contributed by atoms with Crippen LogP contribution < -0.4 is 5.11 Å². The van der Waals surface area contributed by atoms with Crippen molar-refractivity contribution in [2.75, 3.05) is 6.61 Å². The summed E-state index contributed by atoms with van der Waals surface area (Å²) in [5, 5.41) is 44.6. The molecule has 3 heterocycles. The van der Waals surface area contributed by atoms with Crippen LogP contribution in [0.2, 0.25) is 5.02 Å². The number of rotatable bonds is 1. The number of nitrogens with one attached hydrogen (secondary N) is 1. The number of aromatic amines is 1. The molecule has 0 radical (unpaired) electrons. The van der Waals surface area contributed by atoms with Crippen LogP contribution in [0.25, 0.3) is 11.0 Å². The van der Waals surface area contributed by atoms with Crippen LogP contribution in [0.15, 0.2) is 18.5 Å². The predicted molar refractivity (Wildman–Crippen MR) is 66.7 cm³/mol. The number of H-pyrrole nitrogens is 1. The summed E-state index contributed by atoms with van der Waals surface area (Å²) in [5.74, 6) is 0. The summed E-state index contributed by atoms with van der Waals surface area (Å²) >= 11 is 5.80. The second-order valence-corrected chi connectivity index (χ2v) is 4.54. The van der Waals surface area contributed by atoms with Gasteiger partial charge in [-0.25, -0.2) is 4.98 Å². The predicted octanol–water partition coefficient (Wildman–Crippen LogP) is -1.60. The average molecular weight is 303 g/mol. The van der Waals surface area contributed by atoms with Crippen molar-refractivity contribution in [2.24, 2.45) is 0 Å². The lowest BCUT2D eigenvalue weighted by atomic mass is 10.1. The molecule has 9 heteroatoms. The highest BCUT2D eigenvalue weighted by Gasteiger charge is 2.36. The number of aromatic nitrogens is 3. The Morgan fingerprint density at radius 1 is 1.40 bits per heavy atom. The van der Waals surface area contributed by atoms with Crippen molar-refractivity contribution < 1.29 is 25.2 Å². The highest BCUT2D eigenvalue weighted by atomic mass is 35.5. The van der Waals surface area contributed by atoms with Gasteiger partial charge in [-0.3, -0.25) is 5.10 Å². The Morgan fingerprint density at radius 2 is 2.15 bits per heavy atom. The van der Waals surface area contributed by atoms with Gasteiger partial charge in [0.25, 0.3) is 0 Å². The Balaban J connectivity index is 0.000000147. The lowest BCUT2D eigenvalue weighted by Crippen LogP contribution is -2.39. The number of aliphatic hydroxyl groups is 3. The second kappa shape index (κ2) is 6.44. The largest absolute Gasteiger partial charge is 0.829 e. The SMILES string of the molecule is Clc1ccnc2[nH]ncc12.[O-]C1O[C@H](CO)[C@@H](O)[C@H]1O. The van der Waals surface area contributed by atoms with Crippen LogP contribution in [0.5, 0.6) is 0 Å². The highest BCUT2D eigenvalue weighted by Crippen LogP contribution is 2.18. The minimum Gasteiger partial charge on any atom is -0.829 e. The summed E-state index contributed by atoms with van der Waals surface area (Å²) in [6.07, 6.45) is -1.94. The van der Waals surface area contributed by atoms with Gasteiger partial charge >= 0.3 is 0 Å². The second-order valence-electron chi connectivity index (χ2n) is 4.13. The van der Waals surface area contributed by atoms with Crippen molar-refractivity contribution in [1.82, 2.24) is 15.2 Å². The first-order chi connectivity index (χ1) is 9.54. The van der Waals surface area contributed by atoms with E-state index in [1.54, 1.807) is 18.5 Å². The maximum atomic E-state index is 10.5. The number of hydrogen-bond donors (Lipinski definition) is 4. The summed E-state index contributed by atoms with van der Waals surface area (Å²) < 4.78 is 4.43. The molecule has 1 fully saturated rings. The molecule has 3 rings (SSSR count). The fraction of sp³-hybridized carbons (Fsp3) is 0.455. The molecule has 110 valence electrons. The fourth-order valence-electron chi connectivity index (χ4n) is 1.68. The molecule has 2 aromatic heterocycles. The van der Waals surface area contributed by atoms with Gasteiger partial charge < -0.3 is 25.2 Å². The molecule has 0 saturated carbocycles. The van der Waals surface area contributed by atoms with Crippen LogP contribution in [0.4, 0.5) is 0 Å². The molecular weight excluding hydrogens is 290 g/mol. The van der Waals surface area contributed by atoms with E-state index in [4.69, 9.17) is 26.9 Å². The van der Waals surface area contributed by atoms with E-state index in [0.29, 0.717) is 5.02 Å². The quantitative estimate of drug-likeness (QED) is 0.498. The average Bonchev–Trinajstić information content (AvgIpc) is 3.01.